The molecule has 22 heavy (non-hydrogen) atoms. The molecule has 2 heteroatoms. The van der Waals surface area contributed by atoms with Gasteiger partial charge >= 0.3 is 0 Å². The van der Waals surface area contributed by atoms with Crippen molar-refractivity contribution in [1.29, 1.82) is 0 Å². The third-order valence-electron chi connectivity index (χ3n) is 5.79. The Morgan fingerprint density at radius 3 is 2.45 bits per heavy atom. The number of piperidine rings is 1. The van der Waals surface area contributed by atoms with Gasteiger partial charge in [-0.3, -0.25) is 4.79 Å². The number of carbonyl (C=O) groups is 1. The van der Waals surface area contributed by atoms with Crippen molar-refractivity contribution in [3.8, 4) is 0 Å². The maximum atomic E-state index is 11.8. The van der Waals surface area contributed by atoms with Crippen LogP contribution in [0.3, 0.4) is 0 Å². The Morgan fingerprint density at radius 2 is 1.68 bits per heavy atom. The molecule has 0 spiro atoms. The number of carbonyl (C=O) groups excluding carboxylic acids is 1. The molecule has 1 saturated heterocycles. The maximum Gasteiger partial charge on any atom is 0.132 e. The number of hydrogen-bond acceptors (Lipinski definition) is 2. The molecule has 0 bridgehead atoms. The first-order valence-corrected chi connectivity index (χ1v) is 10.1. The molecular weight excluding hydrogens is 270 g/mol. The fraction of sp³-hybridized carbons (Fsp3) is 0.950. The van der Waals surface area contributed by atoms with Crippen LogP contribution in [0.15, 0.2) is 0 Å². The average Bonchev–Trinajstić information content (AvgIpc) is 2.55. The van der Waals surface area contributed by atoms with Crippen molar-refractivity contribution in [2.24, 2.45) is 5.92 Å². The minimum Gasteiger partial charge on any atom is -0.300 e. The fourth-order valence-electron chi connectivity index (χ4n) is 4.41. The van der Waals surface area contributed by atoms with Gasteiger partial charge in [-0.2, -0.15) is 0 Å². The molecule has 1 saturated carbocycles. The summed E-state index contributed by atoms with van der Waals surface area (Å²) in [5.74, 6) is 1.48. The smallest absolute Gasteiger partial charge is 0.132 e. The largest absolute Gasteiger partial charge is 0.300 e. The second kappa shape index (κ2) is 10.4. The third kappa shape index (κ3) is 6.40. The normalized spacial score (nSPS) is 24.5. The highest BCUT2D eigenvalue weighted by molar-refractivity contribution is 5.78. The Labute approximate surface area is 138 Å². The predicted octanol–water partition coefficient (Wildman–Crippen LogP) is 5.35. The first kappa shape index (κ1) is 18.0. The van der Waals surface area contributed by atoms with E-state index in [0.29, 0.717) is 5.78 Å². The standard InChI is InChI=1S/C20H37NO/c1-2-3-13-20(22)14-9-16-21-15-8-7-12-19(21)17-18-10-5-4-6-11-18/h18-19H,2-17H2,1H3. The second-order valence-electron chi connectivity index (χ2n) is 7.67. The number of likely N-dealkylation sites (tertiary alicyclic amines) is 1. The van der Waals surface area contributed by atoms with Crippen LogP contribution < -0.4 is 0 Å². The zero-order valence-corrected chi connectivity index (χ0v) is 14.8. The van der Waals surface area contributed by atoms with Crippen molar-refractivity contribution in [3.63, 3.8) is 0 Å². The van der Waals surface area contributed by atoms with Crippen molar-refractivity contribution in [2.45, 2.75) is 103 Å². The molecule has 0 aromatic heterocycles. The summed E-state index contributed by atoms with van der Waals surface area (Å²) < 4.78 is 0. The summed E-state index contributed by atoms with van der Waals surface area (Å²) in [5.41, 5.74) is 0. The van der Waals surface area contributed by atoms with Crippen LogP contribution >= 0.6 is 0 Å². The fourth-order valence-corrected chi connectivity index (χ4v) is 4.41. The molecule has 2 aliphatic rings. The summed E-state index contributed by atoms with van der Waals surface area (Å²) in [5, 5.41) is 0. The van der Waals surface area contributed by atoms with Crippen LogP contribution in [0.1, 0.15) is 96.8 Å². The quantitative estimate of drug-likeness (QED) is 0.572. The van der Waals surface area contributed by atoms with Gasteiger partial charge in [0.15, 0.2) is 0 Å². The van der Waals surface area contributed by atoms with Crippen molar-refractivity contribution in [2.75, 3.05) is 13.1 Å². The highest BCUT2D eigenvalue weighted by Crippen LogP contribution is 2.31. The van der Waals surface area contributed by atoms with Gasteiger partial charge in [0.1, 0.15) is 5.78 Å². The molecule has 0 N–H and O–H groups in total. The first-order chi connectivity index (χ1) is 10.8. The molecule has 0 radical (unpaired) electrons. The van der Waals surface area contributed by atoms with E-state index < -0.39 is 0 Å². The number of Topliss-reactive ketones (excluding diaryl/α,β-unsaturated/α-hetero) is 1. The van der Waals surface area contributed by atoms with Crippen LogP contribution in [0.2, 0.25) is 0 Å². The van der Waals surface area contributed by atoms with Crippen molar-refractivity contribution < 1.29 is 4.79 Å². The molecule has 1 aliphatic heterocycles. The minimum atomic E-state index is 0.489. The minimum absolute atomic E-state index is 0.489. The summed E-state index contributed by atoms with van der Waals surface area (Å²) in [7, 11) is 0. The van der Waals surface area contributed by atoms with Gasteiger partial charge in [0, 0.05) is 18.9 Å². The molecule has 1 atom stereocenters. The van der Waals surface area contributed by atoms with Gasteiger partial charge in [0.05, 0.1) is 0 Å². The van der Waals surface area contributed by atoms with E-state index in [1.165, 1.54) is 64.3 Å². The van der Waals surface area contributed by atoms with E-state index in [1.54, 1.807) is 0 Å². The average molecular weight is 308 g/mol. The first-order valence-electron chi connectivity index (χ1n) is 10.1. The summed E-state index contributed by atoms with van der Waals surface area (Å²) in [6.07, 6.45) is 17.9. The Kier molecular flexibility index (Phi) is 8.51. The molecule has 2 fully saturated rings. The van der Waals surface area contributed by atoms with Crippen molar-refractivity contribution in [1.82, 2.24) is 4.90 Å². The molecule has 0 aromatic rings. The summed E-state index contributed by atoms with van der Waals surface area (Å²) in [6.45, 7) is 4.60. The van der Waals surface area contributed by atoms with Gasteiger partial charge in [-0.1, -0.05) is 51.9 Å². The van der Waals surface area contributed by atoms with Crippen LogP contribution in [-0.2, 0) is 4.79 Å². The highest BCUT2D eigenvalue weighted by Gasteiger charge is 2.25. The van der Waals surface area contributed by atoms with Crippen molar-refractivity contribution in [3.05, 3.63) is 0 Å². The number of hydrogen-bond donors (Lipinski definition) is 0. The summed E-state index contributed by atoms with van der Waals surface area (Å²) in [6, 6.07) is 0.822. The number of nitrogens with zero attached hydrogens (tertiary/aromatic N) is 1. The topological polar surface area (TPSA) is 20.3 Å². The Bertz CT molecular complexity index is 309. The lowest BCUT2D eigenvalue weighted by atomic mass is 9.82. The van der Waals surface area contributed by atoms with E-state index in [4.69, 9.17) is 0 Å². The summed E-state index contributed by atoms with van der Waals surface area (Å²) >= 11 is 0. The Hall–Kier alpha value is -0.370. The van der Waals surface area contributed by atoms with Crippen LogP contribution in [0.5, 0.6) is 0 Å². The molecule has 1 unspecified atom stereocenters. The van der Waals surface area contributed by atoms with E-state index >= 15 is 0 Å². The van der Waals surface area contributed by atoms with Gasteiger partial charge in [0.2, 0.25) is 0 Å². The molecule has 2 nitrogen and oxygen atoms in total. The van der Waals surface area contributed by atoms with E-state index in [9.17, 15) is 4.79 Å². The van der Waals surface area contributed by atoms with Gasteiger partial charge in [0.25, 0.3) is 0 Å². The zero-order chi connectivity index (χ0) is 15.6. The van der Waals surface area contributed by atoms with E-state index in [-0.39, 0.29) is 0 Å². The predicted molar refractivity (Wildman–Crippen MR) is 94.2 cm³/mol. The zero-order valence-electron chi connectivity index (χ0n) is 14.8. The van der Waals surface area contributed by atoms with Crippen LogP contribution in [0.4, 0.5) is 0 Å². The lowest BCUT2D eigenvalue weighted by molar-refractivity contribution is -0.119. The SMILES string of the molecule is CCCCC(=O)CCCN1CCCCC1CC1CCCCC1. The van der Waals surface area contributed by atoms with Gasteiger partial charge in [-0.25, -0.2) is 0 Å². The van der Waals surface area contributed by atoms with E-state index in [0.717, 1.165) is 50.6 Å². The van der Waals surface area contributed by atoms with Crippen LogP contribution in [0, 0.1) is 5.92 Å². The molecule has 1 heterocycles. The lowest BCUT2D eigenvalue weighted by Crippen LogP contribution is -2.41. The molecule has 2 rings (SSSR count). The number of rotatable bonds is 9. The molecule has 0 amide bonds. The van der Waals surface area contributed by atoms with Crippen LogP contribution in [0.25, 0.3) is 0 Å². The number of unbranched alkanes of at least 4 members (excludes halogenated alkanes) is 1. The second-order valence-corrected chi connectivity index (χ2v) is 7.67. The highest BCUT2D eigenvalue weighted by atomic mass is 16.1. The van der Waals surface area contributed by atoms with E-state index in [2.05, 4.69) is 11.8 Å². The lowest BCUT2D eigenvalue weighted by Gasteiger charge is -2.38. The van der Waals surface area contributed by atoms with Crippen molar-refractivity contribution >= 4 is 5.78 Å². The molecule has 1 aliphatic carbocycles. The third-order valence-corrected chi connectivity index (χ3v) is 5.79. The van der Waals surface area contributed by atoms with E-state index in [1.807, 2.05) is 0 Å². The maximum absolute atomic E-state index is 11.8. The Morgan fingerprint density at radius 1 is 0.955 bits per heavy atom. The summed E-state index contributed by atoms with van der Waals surface area (Å²) in [4.78, 5) is 14.6. The molecule has 128 valence electrons. The Balaban J connectivity index is 1.68. The molecule has 0 aromatic carbocycles. The molecular formula is C20H37NO. The monoisotopic (exact) mass is 307 g/mol. The number of ketones is 1. The van der Waals surface area contributed by atoms with Gasteiger partial charge < -0.3 is 4.90 Å². The van der Waals surface area contributed by atoms with Gasteiger partial charge in [-0.05, 0) is 51.1 Å². The van der Waals surface area contributed by atoms with Crippen LogP contribution in [-0.4, -0.2) is 29.8 Å². The van der Waals surface area contributed by atoms with Gasteiger partial charge in [-0.15, -0.1) is 0 Å².